The molecule has 0 aliphatic carbocycles. The first kappa shape index (κ1) is 34.1. The highest BCUT2D eigenvalue weighted by Crippen LogP contribution is 2.27. The lowest BCUT2D eigenvalue weighted by atomic mass is 9.99. The van der Waals surface area contributed by atoms with E-state index in [1.807, 2.05) is 40.1 Å². The molecule has 1 atom stereocenters. The van der Waals surface area contributed by atoms with Gasteiger partial charge in [0.15, 0.2) is 0 Å². The third kappa shape index (κ3) is 8.33. The van der Waals surface area contributed by atoms with Crippen LogP contribution in [0.5, 0.6) is 5.75 Å². The molecule has 1 aromatic heterocycles. The highest BCUT2D eigenvalue weighted by atomic mass is 16.5. The number of ether oxygens (including phenoxy) is 1. The van der Waals surface area contributed by atoms with Crippen molar-refractivity contribution < 1.29 is 14.3 Å². The number of aromatic nitrogens is 1. The number of carbonyl (C=O) groups excluding carboxylic acids is 2. The van der Waals surface area contributed by atoms with Gasteiger partial charge < -0.3 is 34.6 Å². The van der Waals surface area contributed by atoms with Crippen LogP contribution in [0.4, 0.5) is 10.5 Å². The molecule has 0 spiro atoms. The van der Waals surface area contributed by atoms with E-state index in [-0.39, 0.29) is 24.0 Å². The van der Waals surface area contributed by atoms with Crippen molar-refractivity contribution in [3.63, 3.8) is 0 Å². The summed E-state index contributed by atoms with van der Waals surface area (Å²) >= 11 is 0. The molecule has 0 bridgehead atoms. The van der Waals surface area contributed by atoms with E-state index < -0.39 is 6.04 Å². The van der Waals surface area contributed by atoms with Crippen molar-refractivity contribution in [1.82, 2.24) is 29.5 Å². The van der Waals surface area contributed by atoms with E-state index in [9.17, 15) is 14.4 Å². The number of piperidine rings is 3. The molecule has 3 fully saturated rings. The van der Waals surface area contributed by atoms with Crippen LogP contribution in [0.25, 0.3) is 0 Å². The number of benzene rings is 2. The SMILES string of the molecule is O=C(NC(Cn1ccc(OCc2ccccc2)cc1=O)C(=O)N1CCC(N2CCCCC2)CC1)N1CCC(N2CNc3ccccc3C2)CC1. The number of pyridine rings is 1. The van der Waals surface area contributed by atoms with E-state index in [4.69, 9.17) is 4.74 Å². The van der Waals surface area contributed by atoms with Crippen LogP contribution in [-0.4, -0.2) is 100 Å². The van der Waals surface area contributed by atoms with Crippen molar-refractivity contribution in [2.75, 3.05) is 51.3 Å². The largest absolute Gasteiger partial charge is 0.489 e. The molecule has 3 aromatic rings. The van der Waals surface area contributed by atoms with Crippen molar-refractivity contribution in [1.29, 1.82) is 0 Å². The second-order valence-corrected chi connectivity index (χ2v) is 14.2. The number of hydrogen-bond acceptors (Lipinski definition) is 7. The Labute approximate surface area is 295 Å². The summed E-state index contributed by atoms with van der Waals surface area (Å²) in [5, 5.41) is 6.60. The van der Waals surface area contributed by atoms with Gasteiger partial charge in [0.2, 0.25) is 5.91 Å². The smallest absolute Gasteiger partial charge is 0.318 e. The quantitative estimate of drug-likeness (QED) is 0.347. The molecule has 3 amide bonds. The van der Waals surface area contributed by atoms with Crippen LogP contribution in [0.1, 0.15) is 56.1 Å². The Kier molecular flexibility index (Phi) is 11.0. The molecule has 1 unspecified atom stereocenters. The Morgan fingerprint density at radius 2 is 1.48 bits per heavy atom. The fraction of sp³-hybridized carbons (Fsp3) is 0.513. The molecule has 50 heavy (non-hydrogen) atoms. The number of hydrogen-bond donors (Lipinski definition) is 2. The van der Waals surface area contributed by atoms with E-state index in [2.05, 4.69) is 44.7 Å². The number of carbonyl (C=O) groups is 2. The van der Waals surface area contributed by atoms with E-state index in [1.165, 1.54) is 41.1 Å². The molecule has 2 N–H and O–H groups in total. The zero-order valence-electron chi connectivity index (χ0n) is 29.1. The number of para-hydroxylation sites is 1. The van der Waals surface area contributed by atoms with Gasteiger partial charge in [-0.05, 0) is 74.9 Å². The van der Waals surface area contributed by atoms with Gasteiger partial charge in [0, 0.05) is 62.8 Å². The number of amides is 3. The lowest BCUT2D eigenvalue weighted by Crippen LogP contribution is -2.58. The number of anilines is 1. The van der Waals surface area contributed by atoms with E-state index >= 15 is 0 Å². The number of urea groups is 1. The molecule has 11 heteroatoms. The normalized spacial score (nSPS) is 20.1. The van der Waals surface area contributed by atoms with Gasteiger partial charge in [0.1, 0.15) is 18.4 Å². The minimum atomic E-state index is -0.858. The zero-order valence-corrected chi connectivity index (χ0v) is 29.1. The number of fused-ring (bicyclic) bond motifs is 1. The summed E-state index contributed by atoms with van der Waals surface area (Å²) in [4.78, 5) is 49.9. The molecular weight excluding hydrogens is 630 g/mol. The summed E-state index contributed by atoms with van der Waals surface area (Å²) < 4.78 is 7.38. The first-order valence-electron chi connectivity index (χ1n) is 18.5. The summed E-state index contributed by atoms with van der Waals surface area (Å²) in [5.74, 6) is 0.344. The molecule has 4 aliphatic heterocycles. The van der Waals surface area contributed by atoms with Crippen molar-refractivity contribution in [3.05, 3.63) is 94.4 Å². The van der Waals surface area contributed by atoms with Crippen LogP contribution in [0.2, 0.25) is 0 Å². The average molecular weight is 682 g/mol. The minimum absolute atomic E-state index is 0.0593. The fourth-order valence-corrected chi connectivity index (χ4v) is 8.03. The van der Waals surface area contributed by atoms with E-state index in [1.54, 1.807) is 12.3 Å². The van der Waals surface area contributed by atoms with Crippen LogP contribution >= 0.6 is 0 Å². The topological polar surface area (TPSA) is 102 Å². The van der Waals surface area contributed by atoms with Gasteiger partial charge in [-0.15, -0.1) is 0 Å². The van der Waals surface area contributed by atoms with Crippen LogP contribution < -0.4 is 20.9 Å². The second-order valence-electron chi connectivity index (χ2n) is 14.2. The van der Waals surface area contributed by atoms with Gasteiger partial charge in [-0.25, -0.2) is 4.79 Å². The lowest BCUT2D eigenvalue weighted by Gasteiger charge is -2.42. The molecular formula is C39H51N7O4. The van der Waals surface area contributed by atoms with E-state index in [0.29, 0.717) is 50.6 Å². The number of likely N-dealkylation sites (tertiary alicyclic amines) is 3. The molecule has 2 aromatic carbocycles. The van der Waals surface area contributed by atoms with Gasteiger partial charge in [0.05, 0.1) is 13.2 Å². The molecule has 5 heterocycles. The van der Waals surface area contributed by atoms with Crippen molar-refractivity contribution in [2.45, 2.75) is 82.8 Å². The standard InChI is InChI=1S/C39H51N7O4/c47-37-25-34(50-28-30-9-3-1-4-10-30)17-24-45(37)27-36(38(48)43-20-13-32(14-21-43)42-18-7-2-8-19-42)41-39(49)44-22-15-33(16-23-44)46-26-31-11-5-6-12-35(31)40-29-46/h1,3-6,9-12,17,24-25,32-33,36,40H,2,7-8,13-16,18-23,26-29H2,(H,41,49). The molecule has 3 saturated heterocycles. The van der Waals surface area contributed by atoms with Crippen LogP contribution in [0.3, 0.4) is 0 Å². The molecule has 11 nitrogen and oxygen atoms in total. The Morgan fingerprint density at radius 3 is 2.22 bits per heavy atom. The van der Waals surface area contributed by atoms with Crippen LogP contribution in [-0.2, 0) is 24.5 Å². The summed E-state index contributed by atoms with van der Waals surface area (Å²) in [5.41, 5.74) is 3.23. The van der Waals surface area contributed by atoms with Gasteiger partial charge in [0.25, 0.3) is 5.56 Å². The molecule has 7 rings (SSSR count). The predicted molar refractivity (Wildman–Crippen MR) is 194 cm³/mol. The molecule has 4 aliphatic rings. The maximum Gasteiger partial charge on any atom is 0.318 e. The number of nitrogens with zero attached hydrogens (tertiary/aromatic N) is 5. The summed E-state index contributed by atoms with van der Waals surface area (Å²) in [6.45, 7) is 6.94. The molecule has 0 saturated carbocycles. The van der Waals surface area contributed by atoms with Crippen molar-refractivity contribution in [2.24, 2.45) is 0 Å². The van der Waals surface area contributed by atoms with Gasteiger partial charge >= 0.3 is 6.03 Å². The molecule has 266 valence electrons. The fourth-order valence-electron chi connectivity index (χ4n) is 8.03. The van der Waals surface area contributed by atoms with Crippen molar-refractivity contribution >= 4 is 17.6 Å². The first-order chi connectivity index (χ1) is 24.5. The highest BCUT2D eigenvalue weighted by molar-refractivity contribution is 5.87. The number of nitrogens with one attached hydrogen (secondary N) is 2. The molecule has 0 radical (unpaired) electrons. The maximum absolute atomic E-state index is 14.1. The van der Waals surface area contributed by atoms with Gasteiger partial charge in [-0.1, -0.05) is 55.0 Å². The summed E-state index contributed by atoms with van der Waals surface area (Å²) in [6.07, 6.45) is 9.06. The summed E-state index contributed by atoms with van der Waals surface area (Å²) in [6, 6.07) is 21.2. The van der Waals surface area contributed by atoms with E-state index in [0.717, 1.165) is 57.5 Å². The Hall–Kier alpha value is -4.35. The maximum atomic E-state index is 14.1. The second kappa shape index (κ2) is 16.1. The lowest BCUT2D eigenvalue weighted by molar-refractivity contribution is -0.135. The third-order valence-corrected chi connectivity index (χ3v) is 11.0. The van der Waals surface area contributed by atoms with Gasteiger partial charge in [-0.3, -0.25) is 14.5 Å². The van der Waals surface area contributed by atoms with Crippen LogP contribution in [0.15, 0.2) is 77.7 Å². The third-order valence-electron chi connectivity index (χ3n) is 11.0. The Bertz CT molecular complexity index is 1640. The van der Waals surface area contributed by atoms with Gasteiger partial charge in [-0.2, -0.15) is 0 Å². The first-order valence-corrected chi connectivity index (χ1v) is 18.5. The average Bonchev–Trinajstić information content (AvgIpc) is 3.18. The zero-order chi connectivity index (χ0) is 34.3. The van der Waals surface area contributed by atoms with Crippen LogP contribution in [0, 0.1) is 0 Å². The van der Waals surface area contributed by atoms with Crippen molar-refractivity contribution in [3.8, 4) is 5.75 Å². The number of rotatable bonds is 9. The Morgan fingerprint density at radius 1 is 0.800 bits per heavy atom. The summed E-state index contributed by atoms with van der Waals surface area (Å²) in [7, 11) is 0. The minimum Gasteiger partial charge on any atom is -0.489 e. The monoisotopic (exact) mass is 681 g/mol. The highest BCUT2D eigenvalue weighted by Gasteiger charge is 2.34. The predicted octanol–water partition coefficient (Wildman–Crippen LogP) is 4.33. The Balaban J connectivity index is 0.989.